The van der Waals surface area contributed by atoms with Gasteiger partial charge in [-0.05, 0) is 75.2 Å². The molecule has 1 N–H and O–H groups in total. The first kappa shape index (κ1) is 26.9. The molecule has 10 heteroatoms. The number of amides is 1. The largest absolute Gasteiger partial charge is 0.494 e. The quantitative estimate of drug-likeness (QED) is 0.191. The Bertz CT molecular complexity index is 1530. The molecular formula is C28H29BrN4O3S2. The SMILES string of the molecule is CCOc1ccc(-n2c(SCC(=O)Nc3cccc(Br)c3)nc3sc4c(c3c2=O)CCN(C(C)C)C4)cc1. The number of thiophene rings is 1. The van der Waals surface area contributed by atoms with E-state index in [4.69, 9.17) is 9.72 Å². The van der Waals surface area contributed by atoms with Crippen LogP contribution < -0.4 is 15.6 Å². The number of ether oxygens (including phenoxy) is 1. The minimum atomic E-state index is -0.168. The highest BCUT2D eigenvalue weighted by atomic mass is 79.9. The molecule has 1 aliphatic rings. The van der Waals surface area contributed by atoms with Gasteiger partial charge >= 0.3 is 0 Å². The van der Waals surface area contributed by atoms with Crippen LogP contribution in [0.2, 0.25) is 0 Å². The first-order chi connectivity index (χ1) is 18.3. The molecule has 1 aliphatic heterocycles. The van der Waals surface area contributed by atoms with E-state index in [1.165, 1.54) is 16.6 Å². The zero-order valence-electron chi connectivity index (χ0n) is 21.5. The van der Waals surface area contributed by atoms with E-state index in [9.17, 15) is 9.59 Å². The lowest BCUT2D eigenvalue weighted by Crippen LogP contribution is -2.35. The number of halogens is 1. The van der Waals surface area contributed by atoms with E-state index >= 15 is 0 Å². The van der Waals surface area contributed by atoms with Crippen molar-refractivity contribution in [3.05, 3.63) is 73.8 Å². The molecular weight excluding hydrogens is 584 g/mol. The summed E-state index contributed by atoms with van der Waals surface area (Å²) in [5.74, 6) is 0.689. The minimum absolute atomic E-state index is 0.0930. The molecule has 0 radical (unpaired) electrons. The van der Waals surface area contributed by atoms with E-state index < -0.39 is 0 Å². The number of carbonyl (C=O) groups is 1. The van der Waals surface area contributed by atoms with E-state index in [1.807, 2.05) is 55.5 Å². The van der Waals surface area contributed by atoms with Gasteiger partial charge in [-0.3, -0.25) is 19.1 Å². The summed E-state index contributed by atoms with van der Waals surface area (Å²) in [6.07, 6.45) is 0.829. The van der Waals surface area contributed by atoms with Gasteiger partial charge in [-0.1, -0.05) is 33.8 Å². The first-order valence-corrected chi connectivity index (χ1v) is 15.2. The van der Waals surface area contributed by atoms with Gasteiger partial charge in [0.25, 0.3) is 5.56 Å². The van der Waals surface area contributed by atoms with Crippen molar-refractivity contribution in [1.29, 1.82) is 0 Å². The van der Waals surface area contributed by atoms with Gasteiger partial charge in [-0.15, -0.1) is 11.3 Å². The number of thioether (sulfide) groups is 1. The average Bonchev–Trinajstić information content (AvgIpc) is 3.26. The molecule has 198 valence electrons. The number of fused-ring (bicyclic) bond motifs is 3. The second-order valence-corrected chi connectivity index (χ2v) is 12.2. The smallest absolute Gasteiger partial charge is 0.267 e. The summed E-state index contributed by atoms with van der Waals surface area (Å²) in [4.78, 5) is 36.1. The van der Waals surface area contributed by atoms with Gasteiger partial charge in [-0.2, -0.15) is 0 Å². The van der Waals surface area contributed by atoms with E-state index in [0.29, 0.717) is 34.6 Å². The van der Waals surface area contributed by atoms with Crippen LogP contribution >= 0.6 is 39.0 Å². The molecule has 0 saturated heterocycles. The summed E-state index contributed by atoms with van der Waals surface area (Å²) in [6.45, 7) is 8.64. The molecule has 0 bridgehead atoms. The Morgan fingerprint density at radius 2 is 2.03 bits per heavy atom. The molecule has 2 aromatic heterocycles. The molecule has 0 saturated carbocycles. The number of nitrogens with zero attached hydrogens (tertiary/aromatic N) is 3. The van der Waals surface area contributed by atoms with Crippen molar-refractivity contribution in [3.63, 3.8) is 0 Å². The predicted molar refractivity (Wildman–Crippen MR) is 159 cm³/mol. The maximum atomic E-state index is 14.0. The summed E-state index contributed by atoms with van der Waals surface area (Å²) in [5.41, 5.74) is 2.42. The maximum Gasteiger partial charge on any atom is 0.267 e. The third kappa shape index (κ3) is 5.68. The van der Waals surface area contributed by atoms with E-state index in [1.54, 1.807) is 15.9 Å². The standard InChI is InChI=1S/C28H29BrN4O3S2/c1-4-36-21-10-8-20(9-11-21)33-27(35)25-22-12-13-32(17(2)3)15-23(22)38-26(25)31-28(33)37-16-24(34)30-19-7-5-6-18(29)14-19/h5-11,14,17H,4,12-13,15-16H2,1-3H3,(H,30,34). The van der Waals surface area contributed by atoms with Gasteiger partial charge in [0.2, 0.25) is 5.91 Å². The third-order valence-electron chi connectivity index (χ3n) is 6.45. The lowest BCUT2D eigenvalue weighted by atomic mass is 10.0. The van der Waals surface area contributed by atoms with Crippen molar-refractivity contribution in [1.82, 2.24) is 14.5 Å². The van der Waals surface area contributed by atoms with Crippen LogP contribution in [0.3, 0.4) is 0 Å². The summed E-state index contributed by atoms with van der Waals surface area (Å²) >= 11 is 6.29. The van der Waals surface area contributed by atoms with E-state index in [-0.39, 0.29) is 17.2 Å². The fraction of sp³-hybridized carbons (Fsp3) is 0.321. The molecule has 0 aliphatic carbocycles. The molecule has 7 nitrogen and oxygen atoms in total. The van der Waals surface area contributed by atoms with E-state index in [2.05, 4.69) is 40.0 Å². The highest BCUT2D eigenvalue weighted by molar-refractivity contribution is 9.10. The number of hydrogen-bond donors (Lipinski definition) is 1. The minimum Gasteiger partial charge on any atom is -0.494 e. The molecule has 4 aromatic rings. The van der Waals surface area contributed by atoms with Gasteiger partial charge in [0.1, 0.15) is 10.6 Å². The highest BCUT2D eigenvalue weighted by Gasteiger charge is 2.26. The van der Waals surface area contributed by atoms with Gasteiger partial charge < -0.3 is 10.1 Å². The number of hydrogen-bond acceptors (Lipinski definition) is 7. The van der Waals surface area contributed by atoms with Crippen LogP contribution in [0.25, 0.3) is 15.9 Å². The van der Waals surface area contributed by atoms with Gasteiger partial charge in [0.15, 0.2) is 5.16 Å². The number of carbonyl (C=O) groups excluding carboxylic acids is 1. The summed E-state index contributed by atoms with van der Waals surface area (Å²) < 4.78 is 8.12. The van der Waals surface area contributed by atoms with Crippen LogP contribution in [0.1, 0.15) is 31.2 Å². The topological polar surface area (TPSA) is 76.5 Å². The number of nitrogens with one attached hydrogen (secondary N) is 1. The van der Waals surface area contributed by atoms with Crippen molar-refractivity contribution < 1.29 is 9.53 Å². The average molecular weight is 614 g/mol. The normalized spacial score (nSPS) is 13.6. The van der Waals surface area contributed by atoms with Crippen molar-refractivity contribution in [2.24, 2.45) is 0 Å². The van der Waals surface area contributed by atoms with Gasteiger partial charge in [0.05, 0.1) is 23.4 Å². The van der Waals surface area contributed by atoms with Crippen LogP contribution in [0.5, 0.6) is 5.75 Å². The molecule has 38 heavy (non-hydrogen) atoms. The molecule has 0 unspecified atom stereocenters. The second kappa shape index (κ2) is 11.6. The zero-order valence-corrected chi connectivity index (χ0v) is 24.7. The van der Waals surface area contributed by atoms with Crippen LogP contribution in [0.15, 0.2) is 63.0 Å². The number of benzene rings is 2. The van der Waals surface area contributed by atoms with Crippen molar-refractivity contribution >= 4 is 60.8 Å². The van der Waals surface area contributed by atoms with Crippen molar-refractivity contribution in [2.45, 2.75) is 44.9 Å². The van der Waals surface area contributed by atoms with Crippen molar-refractivity contribution in [2.75, 3.05) is 24.2 Å². The molecule has 2 aromatic carbocycles. The van der Waals surface area contributed by atoms with Crippen LogP contribution in [0, 0.1) is 0 Å². The third-order valence-corrected chi connectivity index (χ3v) is 8.99. The maximum absolute atomic E-state index is 14.0. The summed E-state index contributed by atoms with van der Waals surface area (Å²) in [7, 11) is 0. The van der Waals surface area contributed by atoms with Gasteiger partial charge in [-0.25, -0.2) is 4.98 Å². The Labute approximate surface area is 238 Å². The van der Waals surface area contributed by atoms with Crippen LogP contribution in [0.4, 0.5) is 5.69 Å². The fourth-order valence-electron chi connectivity index (χ4n) is 4.56. The lowest BCUT2D eigenvalue weighted by molar-refractivity contribution is -0.113. The highest BCUT2D eigenvalue weighted by Crippen LogP contribution is 2.35. The van der Waals surface area contributed by atoms with Crippen molar-refractivity contribution in [3.8, 4) is 11.4 Å². The summed E-state index contributed by atoms with van der Waals surface area (Å²) in [6, 6.07) is 15.3. The number of aromatic nitrogens is 2. The van der Waals surface area contributed by atoms with E-state index in [0.717, 1.165) is 40.1 Å². The predicted octanol–water partition coefficient (Wildman–Crippen LogP) is 6.11. The molecule has 5 rings (SSSR count). The zero-order chi connectivity index (χ0) is 26.8. The Balaban J connectivity index is 1.52. The molecule has 0 spiro atoms. The monoisotopic (exact) mass is 612 g/mol. The molecule has 0 fully saturated rings. The second-order valence-electron chi connectivity index (χ2n) is 9.31. The lowest BCUT2D eigenvalue weighted by Gasteiger charge is -2.30. The Morgan fingerprint density at radius 1 is 1.24 bits per heavy atom. The molecule has 3 heterocycles. The van der Waals surface area contributed by atoms with Crippen LogP contribution in [-0.2, 0) is 17.8 Å². The summed E-state index contributed by atoms with van der Waals surface area (Å²) in [5, 5.41) is 4.11. The number of anilines is 1. The Kier molecular flexibility index (Phi) is 8.23. The van der Waals surface area contributed by atoms with Crippen LogP contribution in [-0.4, -0.2) is 45.3 Å². The number of rotatable bonds is 8. The molecule has 1 amide bonds. The Morgan fingerprint density at radius 3 is 2.74 bits per heavy atom. The molecule has 0 atom stereocenters. The first-order valence-electron chi connectivity index (χ1n) is 12.6. The fourth-order valence-corrected chi connectivity index (χ4v) is 7.06. The Hall–Kier alpha value is -2.66. The van der Waals surface area contributed by atoms with Gasteiger partial charge in [0, 0.05) is 34.2 Å².